The molecule has 0 saturated heterocycles. The van der Waals surface area contributed by atoms with Gasteiger partial charge < -0.3 is 21.1 Å². The minimum atomic E-state index is -1.29. The first-order valence-corrected chi connectivity index (χ1v) is 12.1. The largest absolute Gasteiger partial charge is 0.395 e. The van der Waals surface area contributed by atoms with E-state index in [0.717, 1.165) is 25.8 Å². The molecule has 0 aliphatic heterocycles. The first-order chi connectivity index (χ1) is 13.7. The molecule has 0 aliphatic carbocycles. The van der Waals surface area contributed by atoms with Crippen molar-refractivity contribution >= 4 is 0 Å². The summed E-state index contributed by atoms with van der Waals surface area (Å²) >= 11 is 0. The molecule has 0 heterocycles. The number of nitrogens with two attached hydrogens (primary N) is 1. The van der Waals surface area contributed by atoms with E-state index in [2.05, 4.69) is 11.8 Å². The van der Waals surface area contributed by atoms with Crippen molar-refractivity contribution in [3.05, 3.63) is 0 Å². The third kappa shape index (κ3) is 17.9. The van der Waals surface area contributed by atoms with Crippen LogP contribution in [-0.2, 0) is 0 Å². The Hall–Kier alpha value is -0.200. The molecule has 0 rings (SSSR count). The van der Waals surface area contributed by atoms with E-state index in [-0.39, 0.29) is 12.6 Å². The highest BCUT2D eigenvalue weighted by Crippen LogP contribution is 2.17. The van der Waals surface area contributed by atoms with Crippen LogP contribution in [0.25, 0.3) is 0 Å². The second-order valence-electron chi connectivity index (χ2n) is 8.30. The molecule has 0 amide bonds. The molecule has 5 heteroatoms. The summed E-state index contributed by atoms with van der Waals surface area (Å²) in [5.41, 5.74) is 5.61. The molecule has 170 valence electrons. The van der Waals surface area contributed by atoms with E-state index in [4.69, 9.17) is 5.73 Å². The maximum absolute atomic E-state index is 9.41. The van der Waals surface area contributed by atoms with Gasteiger partial charge in [-0.25, -0.2) is 0 Å². The smallest absolute Gasteiger partial charge is 0.152 e. The lowest BCUT2D eigenvalue weighted by Gasteiger charge is -2.32. The van der Waals surface area contributed by atoms with E-state index >= 15 is 0 Å². The maximum Gasteiger partial charge on any atom is 0.152 e. The number of nitrogens with zero attached hydrogens (tertiary/aromatic N) is 1. The number of unbranched alkanes of at least 4 members (excludes halogenated alkanes) is 12. The van der Waals surface area contributed by atoms with E-state index in [0.29, 0.717) is 19.5 Å². The Kier molecular flexibility index (Phi) is 21.4. The fraction of sp³-hybridized carbons (Fsp3) is 1.00. The SMILES string of the molecule is CCCCCCCCCCCCCCCC(CC(O)O)N(CCO)CCCN. The number of hydrogen-bond acceptors (Lipinski definition) is 5. The molecule has 5 N–H and O–H groups in total. The normalized spacial score (nSPS) is 13.0. The van der Waals surface area contributed by atoms with Crippen LogP contribution < -0.4 is 5.73 Å². The molecule has 0 spiro atoms. The average molecular weight is 403 g/mol. The molecular weight excluding hydrogens is 352 g/mol. The van der Waals surface area contributed by atoms with E-state index < -0.39 is 6.29 Å². The van der Waals surface area contributed by atoms with Crippen LogP contribution in [-0.4, -0.2) is 58.8 Å². The number of aliphatic hydroxyl groups is 3. The highest BCUT2D eigenvalue weighted by Gasteiger charge is 2.20. The van der Waals surface area contributed by atoms with Crippen molar-refractivity contribution in [2.75, 3.05) is 26.2 Å². The van der Waals surface area contributed by atoms with Crippen molar-refractivity contribution in [1.29, 1.82) is 0 Å². The standard InChI is InChI=1S/C23H50N2O3/c1-2-3-4-5-6-7-8-9-10-11-12-13-14-16-22(21-23(27)28)25(19-20-26)18-15-17-24/h22-23,26-28H,2-21,24H2,1H3. The molecule has 28 heavy (non-hydrogen) atoms. The molecule has 0 aromatic heterocycles. The summed E-state index contributed by atoms with van der Waals surface area (Å²) in [6.45, 7) is 4.38. The zero-order valence-corrected chi connectivity index (χ0v) is 18.7. The molecule has 0 aliphatic rings. The van der Waals surface area contributed by atoms with Crippen LogP contribution in [0, 0.1) is 0 Å². The van der Waals surface area contributed by atoms with Gasteiger partial charge >= 0.3 is 0 Å². The topological polar surface area (TPSA) is 90.0 Å². The van der Waals surface area contributed by atoms with Crippen molar-refractivity contribution in [2.24, 2.45) is 5.73 Å². The zero-order chi connectivity index (χ0) is 20.9. The van der Waals surface area contributed by atoms with Gasteiger partial charge in [-0.05, 0) is 25.9 Å². The molecule has 0 saturated carbocycles. The van der Waals surface area contributed by atoms with Gasteiger partial charge in [0.05, 0.1) is 6.61 Å². The molecule has 1 unspecified atom stereocenters. The van der Waals surface area contributed by atoms with Gasteiger partial charge in [0.2, 0.25) is 0 Å². The second-order valence-corrected chi connectivity index (χ2v) is 8.30. The van der Waals surface area contributed by atoms with E-state index in [1.165, 1.54) is 77.0 Å². The number of aliphatic hydroxyl groups excluding tert-OH is 2. The van der Waals surface area contributed by atoms with Gasteiger partial charge in [-0.3, -0.25) is 4.90 Å². The minimum Gasteiger partial charge on any atom is -0.395 e. The summed E-state index contributed by atoms with van der Waals surface area (Å²) in [7, 11) is 0. The van der Waals surface area contributed by atoms with Crippen LogP contribution >= 0.6 is 0 Å². The summed E-state index contributed by atoms with van der Waals surface area (Å²) < 4.78 is 0. The number of hydrogen-bond donors (Lipinski definition) is 4. The molecule has 1 atom stereocenters. The predicted octanol–water partition coefficient (Wildman–Crippen LogP) is 4.18. The first kappa shape index (κ1) is 27.8. The third-order valence-electron chi connectivity index (χ3n) is 5.68. The summed E-state index contributed by atoms with van der Waals surface area (Å²) in [4.78, 5) is 2.17. The average Bonchev–Trinajstić information content (AvgIpc) is 2.67. The molecule has 0 bridgehead atoms. The fourth-order valence-corrected chi connectivity index (χ4v) is 3.99. The molecule has 0 aromatic rings. The Balaban J connectivity index is 3.78. The van der Waals surface area contributed by atoms with Crippen LogP contribution in [0.2, 0.25) is 0 Å². The Morgan fingerprint density at radius 1 is 0.714 bits per heavy atom. The Morgan fingerprint density at radius 3 is 1.64 bits per heavy atom. The van der Waals surface area contributed by atoms with Crippen molar-refractivity contribution in [3.63, 3.8) is 0 Å². The van der Waals surface area contributed by atoms with Crippen LogP contribution in [0.5, 0.6) is 0 Å². The van der Waals surface area contributed by atoms with E-state index in [9.17, 15) is 15.3 Å². The fourth-order valence-electron chi connectivity index (χ4n) is 3.99. The minimum absolute atomic E-state index is 0.0984. The lowest BCUT2D eigenvalue weighted by atomic mass is 10.0. The van der Waals surface area contributed by atoms with Crippen molar-refractivity contribution in [1.82, 2.24) is 4.90 Å². The molecule has 0 radical (unpaired) electrons. The van der Waals surface area contributed by atoms with Crippen molar-refractivity contribution < 1.29 is 15.3 Å². The van der Waals surface area contributed by atoms with Gasteiger partial charge in [0.25, 0.3) is 0 Å². The van der Waals surface area contributed by atoms with Crippen molar-refractivity contribution in [3.8, 4) is 0 Å². The summed E-state index contributed by atoms with van der Waals surface area (Å²) in [5, 5.41) is 28.1. The maximum atomic E-state index is 9.41. The van der Waals surface area contributed by atoms with Gasteiger partial charge in [0, 0.05) is 19.0 Å². The lowest BCUT2D eigenvalue weighted by Crippen LogP contribution is -2.40. The summed E-state index contributed by atoms with van der Waals surface area (Å²) in [6, 6.07) is 0.117. The van der Waals surface area contributed by atoms with Crippen LogP contribution in [0.4, 0.5) is 0 Å². The highest BCUT2D eigenvalue weighted by atomic mass is 16.5. The van der Waals surface area contributed by atoms with Gasteiger partial charge in [-0.1, -0.05) is 90.4 Å². The monoisotopic (exact) mass is 402 g/mol. The van der Waals surface area contributed by atoms with Gasteiger partial charge in [0.15, 0.2) is 6.29 Å². The third-order valence-corrected chi connectivity index (χ3v) is 5.68. The van der Waals surface area contributed by atoms with Gasteiger partial charge in [-0.2, -0.15) is 0 Å². The van der Waals surface area contributed by atoms with Gasteiger partial charge in [0.1, 0.15) is 0 Å². The molecule has 0 fully saturated rings. The summed E-state index contributed by atoms with van der Waals surface area (Å²) in [6.07, 6.45) is 18.3. The summed E-state index contributed by atoms with van der Waals surface area (Å²) in [5.74, 6) is 0. The zero-order valence-electron chi connectivity index (χ0n) is 18.7. The molecular formula is C23H50N2O3. The Labute approximate surface area is 174 Å². The number of rotatable bonds is 22. The Bertz CT molecular complexity index is 304. The lowest BCUT2D eigenvalue weighted by molar-refractivity contribution is -0.0643. The first-order valence-electron chi connectivity index (χ1n) is 12.1. The van der Waals surface area contributed by atoms with Crippen LogP contribution in [0.1, 0.15) is 110 Å². The van der Waals surface area contributed by atoms with E-state index in [1.807, 2.05) is 0 Å². The van der Waals surface area contributed by atoms with E-state index in [1.54, 1.807) is 0 Å². The molecule has 5 nitrogen and oxygen atoms in total. The second kappa shape index (κ2) is 21.5. The quantitative estimate of drug-likeness (QED) is 0.161. The highest BCUT2D eigenvalue weighted by molar-refractivity contribution is 4.73. The van der Waals surface area contributed by atoms with Crippen LogP contribution in [0.3, 0.4) is 0 Å². The predicted molar refractivity (Wildman–Crippen MR) is 119 cm³/mol. The van der Waals surface area contributed by atoms with Crippen molar-refractivity contribution in [2.45, 2.75) is 122 Å². The molecule has 0 aromatic carbocycles. The van der Waals surface area contributed by atoms with Gasteiger partial charge in [-0.15, -0.1) is 0 Å². The Morgan fingerprint density at radius 2 is 1.21 bits per heavy atom. The van der Waals surface area contributed by atoms with Crippen LogP contribution in [0.15, 0.2) is 0 Å².